The van der Waals surface area contributed by atoms with E-state index in [0.717, 1.165) is 16.9 Å². The molecule has 2 nitrogen and oxygen atoms in total. The van der Waals surface area contributed by atoms with Crippen LogP contribution in [0, 0.1) is 6.92 Å². The largest absolute Gasteiger partial charge is 0.342 e. The molecule has 0 unspecified atom stereocenters. The Morgan fingerprint density at radius 2 is 1.82 bits per heavy atom. The van der Waals surface area contributed by atoms with Crippen molar-refractivity contribution < 1.29 is 0 Å². The summed E-state index contributed by atoms with van der Waals surface area (Å²) in [6.07, 6.45) is 0. The van der Waals surface area contributed by atoms with Crippen LogP contribution in [0.2, 0.25) is 0 Å². The highest BCUT2D eigenvalue weighted by Crippen LogP contribution is 2.30. The molecule has 1 heterocycles. The minimum Gasteiger partial charge on any atom is -0.342 e. The number of imidazole rings is 1. The van der Waals surface area contributed by atoms with E-state index in [1.54, 1.807) is 0 Å². The van der Waals surface area contributed by atoms with Crippen molar-refractivity contribution >= 4 is 11.0 Å². The van der Waals surface area contributed by atoms with Gasteiger partial charge in [0.15, 0.2) is 0 Å². The fourth-order valence-corrected chi connectivity index (χ4v) is 2.32. The first kappa shape index (κ1) is 12.2. The first-order valence-corrected chi connectivity index (χ1v) is 6.30. The Kier molecular flexibility index (Phi) is 2.76. The number of nitrogens with one attached hydrogen (secondary N) is 1. The Morgan fingerprint density at radius 1 is 1.18 bits per heavy atom. The lowest BCUT2D eigenvalue weighted by Gasteiger charge is -2.21. The molecule has 0 saturated carbocycles. The Bertz CT molecular complexity index is 542. The second-order valence-corrected chi connectivity index (χ2v) is 6.16. The van der Waals surface area contributed by atoms with E-state index in [2.05, 4.69) is 58.7 Å². The Balaban J connectivity index is 2.67. The lowest BCUT2D eigenvalue weighted by Crippen LogP contribution is -2.13. The van der Waals surface area contributed by atoms with Crippen molar-refractivity contribution in [3.05, 3.63) is 29.1 Å². The Labute approximate surface area is 103 Å². The molecule has 2 rings (SSSR count). The monoisotopic (exact) mass is 230 g/mol. The van der Waals surface area contributed by atoms with Gasteiger partial charge in [-0.05, 0) is 29.5 Å². The third-order valence-electron chi connectivity index (χ3n) is 3.28. The number of fused-ring (bicyclic) bond motifs is 1. The molecule has 0 fully saturated rings. The van der Waals surface area contributed by atoms with Crippen molar-refractivity contribution in [2.45, 2.75) is 52.9 Å². The van der Waals surface area contributed by atoms with Crippen LogP contribution >= 0.6 is 0 Å². The number of rotatable bonds is 1. The molecule has 0 amide bonds. The second-order valence-electron chi connectivity index (χ2n) is 6.16. The predicted octanol–water partition coefficient (Wildman–Crippen LogP) is 4.29. The maximum Gasteiger partial charge on any atom is 0.109 e. The third-order valence-corrected chi connectivity index (χ3v) is 3.28. The van der Waals surface area contributed by atoms with E-state index in [9.17, 15) is 0 Å². The van der Waals surface area contributed by atoms with Crippen LogP contribution in [0.5, 0.6) is 0 Å². The number of aromatic amines is 1. The van der Waals surface area contributed by atoms with E-state index >= 15 is 0 Å². The Morgan fingerprint density at radius 3 is 2.35 bits per heavy atom. The zero-order valence-electron chi connectivity index (χ0n) is 11.7. The fourth-order valence-electron chi connectivity index (χ4n) is 2.32. The van der Waals surface area contributed by atoms with Gasteiger partial charge in [-0.25, -0.2) is 4.98 Å². The van der Waals surface area contributed by atoms with Crippen LogP contribution in [-0.2, 0) is 5.41 Å². The minimum absolute atomic E-state index is 0.176. The van der Waals surface area contributed by atoms with Gasteiger partial charge in [0.2, 0.25) is 0 Å². The van der Waals surface area contributed by atoms with E-state index in [1.165, 1.54) is 11.1 Å². The van der Waals surface area contributed by atoms with Gasteiger partial charge in [-0.15, -0.1) is 0 Å². The van der Waals surface area contributed by atoms with Gasteiger partial charge < -0.3 is 4.98 Å². The fraction of sp³-hybridized carbons (Fsp3) is 0.533. The van der Waals surface area contributed by atoms with Crippen LogP contribution in [0.4, 0.5) is 0 Å². The average molecular weight is 230 g/mol. The van der Waals surface area contributed by atoms with Crippen molar-refractivity contribution in [2.24, 2.45) is 0 Å². The standard InChI is InChI=1S/C15H22N2/c1-9(2)14-16-12-8-7-11(15(4,5)6)10(3)13(12)17-14/h7-9H,1-6H3,(H,16,17). The molecule has 2 aromatic rings. The van der Waals surface area contributed by atoms with Gasteiger partial charge in [-0.1, -0.05) is 40.7 Å². The van der Waals surface area contributed by atoms with Crippen molar-refractivity contribution in [1.29, 1.82) is 0 Å². The maximum absolute atomic E-state index is 4.73. The molecule has 92 valence electrons. The minimum atomic E-state index is 0.176. The van der Waals surface area contributed by atoms with Gasteiger partial charge >= 0.3 is 0 Å². The smallest absolute Gasteiger partial charge is 0.109 e. The van der Waals surface area contributed by atoms with Gasteiger partial charge in [0.25, 0.3) is 0 Å². The Hall–Kier alpha value is -1.31. The van der Waals surface area contributed by atoms with Crippen LogP contribution < -0.4 is 0 Å². The van der Waals surface area contributed by atoms with Gasteiger partial charge in [0.05, 0.1) is 11.0 Å². The number of aryl methyl sites for hydroxylation is 1. The van der Waals surface area contributed by atoms with Crippen LogP contribution in [-0.4, -0.2) is 9.97 Å². The summed E-state index contributed by atoms with van der Waals surface area (Å²) >= 11 is 0. The molecular formula is C15H22N2. The van der Waals surface area contributed by atoms with Gasteiger partial charge in [0, 0.05) is 5.92 Å². The molecule has 1 aromatic carbocycles. The van der Waals surface area contributed by atoms with Crippen LogP contribution in [0.1, 0.15) is 57.5 Å². The summed E-state index contributed by atoms with van der Waals surface area (Å²) in [6, 6.07) is 4.38. The molecule has 0 bridgehead atoms. The molecule has 0 spiro atoms. The topological polar surface area (TPSA) is 28.7 Å². The summed E-state index contributed by atoms with van der Waals surface area (Å²) < 4.78 is 0. The van der Waals surface area contributed by atoms with E-state index in [4.69, 9.17) is 4.98 Å². The lowest BCUT2D eigenvalue weighted by molar-refractivity contribution is 0.587. The molecule has 0 radical (unpaired) electrons. The summed E-state index contributed by atoms with van der Waals surface area (Å²) in [5, 5.41) is 0. The zero-order valence-corrected chi connectivity index (χ0v) is 11.7. The molecule has 0 aliphatic carbocycles. The molecule has 2 heteroatoms. The highest BCUT2D eigenvalue weighted by molar-refractivity contribution is 5.80. The van der Waals surface area contributed by atoms with Gasteiger partial charge in [-0.2, -0.15) is 0 Å². The third kappa shape index (κ3) is 2.08. The van der Waals surface area contributed by atoms with Gasteiger partial charge in [0.1, 0.15) is 5.82 Å². The van der Waals surface area contributed by atoms with Crippen molar-refractivity contribution in [3.8, 4) is 0 Å². The number of H-pyrrole nitrogens is 1. The molecule has 1 N–H and O–H groups in total. The summed E-state index contributed by atoms with van der Waals surface area (Å²) in [6.45, 7) is 13.2. The lowest BCUT2D eigenvalue weighted by atomic mass is 9.84. The zero-order chi connectivity index (χ0) is 12.8. The first-order chi connectivity index (χ1) is 7.80. The highest BCUT2D eigenvalue weighted by atomic mass is 14.9. The average Bonchev–Trinajstić information content (AvgIpc) is 2.60. The molecule has 0 aliphatic rings. The number of nitrogens with zero attached hydrogens (tertiary/aromatic N) is 1. The van der Waals surface area contributed by atoms with Crippen LogP contribution in [0.25, 0.3) is 11.0 Å². The normalized spacial score (nSPS) is 12.6. The summed E-state index contributed by atoms with van der Waals surface area (Å²) in [5.74, 6) is 1.52. The number of hydrogen-bond acceptors (Lipinski definition) is 1. The predicted molar refractivity (Wildman–Crippen MR) is 73.6 cm³/mol. The van der Waals surface area contributed by atoms with E-state index in [1.807, 2.05) is 0 Å². The quantitative estimate of drug-likeness (QED) is 0.777. The second kappa shape index (κ2) is 3.86. The van der Waals surface area contributed by atoms with E-state index in [-0.39, 0.29) is 5.41 Å². The summed E-state index contributed by atoms with van der Waals surface area (Å²) in [4.78, 5) is 8.13. The number of hydrogen-bond donors (Lipinski definition) is 1. The van der Waals surface area contributed by atoms with E-state index < -0.39 is 0 Å². The summed E-state index contributed by atoms with van der Waals surface area (Å²) in [7, 11) is 0. The SMILES string of the molecule is Cc1c(C(C)(C)C)ccc2[nH]c(C(C)C)nc12. The molecule has 1 aromatic heterocycles. The molecule has 0 atom stereocenters. The highest BCUT2D eigenvalue weighted by Gasteiger charge is 2.19. The van der Waals surface area contributed by atoms with Crippen molar-refractivity contribution in [1.82, 2.24) is 9.97 Å². The molecule has 0 saturated heterocycles. The van der Waals surface area contributed by atoms with Crippen LogP contribution in [0.15, 0.2) is 12.1 Å². The van der Waals surface area contributed by atoms with Crippen LogP contribution in [0.3, 0.4) is 0 Å². The summed E-state index contributed by atoms with van der Waals surface area (Å²) in [5.41, 5.74) is 5.14. The number of aromatic nitrogens is 2. The molecular weight excluding hydrogens is 208 g/mol. The van der Waals surface area contributed by atoms with Crippen molar-refractivity contribution in [2.75, 3.05) is 0 Å². The van der Waals surface area contributed by atoms with Gasteiger partial charge in [-0.3, -0.25) is 0 Å². The van der Waals surface area contributed by atoms with E-state index in [0.29, 0.717) is 5.92 Å². The number of benzene rings is 1. The van der Waals surface area contributed by atoms with Crippen molar-refractivity contribution in [3.63, 3.8) is 0 Å². The maximum atomic E-state index is 4.73. The molecule has 0 aliphatic heterocycles. The molecule has 17 heavy (non-hydrogen) atoms. The first-order valence-electron chi connectivity index (χ1n) is 6.30.